The van der Waals surface area contributed by atoms with Crippen molar-refractivity contribution < 1.29 is 14.6 Å². The number of benzene rings is 1. The van der Waals surface area contributed by atoms with Crippen molar-refractivity contribution in [3.8, 4) is 11.8 Å². The lowest BCUT2D eigenvalue weighted by Gasteiger charge is -2.17. The molecule has 0 radical (unpaired) electrons. The van der Waals surface area contributed by atoms with Crippen molar-refractivity contribution in [1.82, 2.24) is 5.32 Å². The summed E-state index contributed by atoms with van der Waals surface area (Å²) >= 11 is 0. The molecular weight excluding hydrogens is 256 g/mol. The zero-order valence-corrected chi connectivity index (χ0v) is 11.2. The number of hydrogen-bond donors (Lipinski definition) is 2. The number of ether oxygens (including phenoxy) is 1. The molecule has 0 heterocycles. The van der Waals surface area contributed by atoms with E-state index in [4.69, 9.17) is 15.1 Å². The molecule has 1 saturated carbocycles. The van der Waals surface area contributed by atoms with Gasteiger partial charge in [-0.2, -0.15) is 5.26 Å². The number of nitriles is 1. The van der Waals surface area contributed by atoms with E-state index >= 15 is 0 Å². The van der Waals surface area contributed by atoms with Gasteiger partial charge in [-0.05, 0) is 37.3 Å². The van der Waals surface area contributed by atoms with E-state index in [0.717, 1.165) is 12.8 Å². The van der Waals surface area contributed by atoms with Gasteiger partial charge in [-0.1, -0.05) is 12.1 Å². The van der Waals surface area contributed by atoms with Crippen LogP contribution in [0.25, 0.3) is 0 Å². The molecule has 1 atom stereocenters. The monoisotopic (exact) mass is 274 g/mol. The molecule has 1 unspecified atom stereocenters. The Kier molecular flexibility index (Phi) is 4.97. The number of nitrogens with one attached hydrogen (secondary N) is 1. The van der Waals surface area contributed by atoms with E-state index in [-0.39, 0.29) is 25.2 Å². The molecule has 1 fully saturated rings. The Hall–Kier alpha value is -2.06. The Morgan fingerprint density at radius 2 is 2.25 bits per heavy atom. The molecule has 0 saturated heterocycles. The van der Waals surface area contributed by atoms with Crippen LogP contribution in [-0.4, -0.2) is 30.3 Å². The summed E-state index contributed by atoms with van der Waals surface area (Å²) < 4.78 is 5.37. The van der Waals surface area contributed by atoms with Gasteiger partial charge in [-0.25, -0.2) is 0 Å². The third-order valence-corrected chi connectivity index (χ3v) is 3.34. The minimum atomic E-state index is -0.219. The van der Waals surface area contributed by atoms with Crippen LogP contribution in [0.5, 0.6) is 5.75 Å². The number of para-hydroxylation sites is 1. The minimum absolute atomic E-state index is 0.0299. The quantitative estimate of drug-likeness (QED) is 0.783. The SMILES string of the molecule is N#Cc1ccccc1OCC(=O)NC(CCO)C1CC1. The summed E-state index contributed by atoms with van der Waals surface area (Å²) in [4.78, 5) is 11.8. The summed E-state index contributed by atoms with van der Waals surface area (Å²) in [7, 11) is 0. The Balaban J connectivity index is 1.84. The van der Waals surface area contributed by atoms with Crippen LogP contribution >= 0.6 is 0 Å². The smallest absolute Gasteiger partial charge is 0.258 e. The number of aliphatic hydroxyl groups is 1. The Labute approximate surface area is 118 Å². The number of carbonyl (C=O) groups is 1. The van der Waals surface area contributed by atoms with Crippen LogP contribution in [0.2, 0.25) is 0 Å². The topological polar surface area (TPSA) is 82.3 Å². The van der Waals surface area contributed by atoms with Crippen LogP contribution in [0, 0.1) is 17.2 Å². The van der Waals surface area contributed by atoms with Gasteiger partial charge < -0.3 is 15.2 Å². The van der Waals surface area contributed by atoms with E-state index in [1.165, 1.54) is 0 Å². The maximum absolute atomic E-state index is 11.8. The van der Waals surface area contributed by atoms with E-state index in [9.17, 15) is 4.79 Å². The third-order valence-electron chi connectivity index (χ3n) is 3.34. The zero-order valence-electron chi connectivity index (χ0n) is 11.2. The van der Waals surface area contributed by atoms with Gasteiger partial charge in [-0.15, -0.1) is 0 Å². The second-order valence-corrected chi connectivity index (χ2v) is 4.92. The number of carbonyl (C=O) groups excluding carboxylic acids is 1. The second kappa shape index (κ2) is 6.92. The molecule has 1 aromatic rings. The lowest BCUT2D eigenvalue weighted by Crippen LogP contribution is -2.39. The summed E-state index contributed by atoms with van der Waals surface area (Å²) in [5.41, 5.74) is 0.411. The zero-order chi connectivity index (χ0) is 14.4. The first kappa shape index (κ1) is 14.4. The second-order valence-electron chi connectivity index (χ2n) is 4.92. The molecule has 0 bridgehead atoms. The van der Waals surface area contributed by atoms with Gasteiger partial charge in [-0.3, -0.25) is 4.79 Å². The lowest BCUT2D eigenvalue weighted by atomic mass is 10.1. The average molecular weight is 274 g/mol. The molecule has 1 amide bonds. The largest absolute Gasteiger partial charge is 0.482 e. The predicted molar refractivity (Wildman–Crippen MR) is 73.0 cm³/mol. The number of hydrogen-bond acceptors (Lipinski definition) is 4. The predicted octanol–water partition coefficient (Wildman–Crippen LogP) is 1.21. The number of aliphatic hydroxyl groups excluding tert-OH is 1. The van der Waals surface area contributed by atoms with Crippen molar-refractivity contribution in [2.75, 3.05) is 13.2 Å². The van der Waals surface area contributed by atoms with Crippen molar-refractivity contribution in [3.63, 3.8) is 0 Å². The highest BCUT2D eigenvalue weighted by atomic mass is 16.5. The molecule has 0 spiro atoms. The molecule has 20 heavy (non-hydrogen) atoms. The fraction of sp³-hybridized carbons (Fsp3) is 0.467. The first-order chi connectivity index (χ1) is 9.74. The number of nitrogens with zero attached hydrogens (tertiary/aromatic N) is 1. The average Bonchev–Trinajstić information content (AvgIpc) is 3.29. The molecule has 1 aliphatic carbocycles. The van der Waals surface area contributed by atoms with Gasteiger partial charge in [0.25, 0.3) is 5.91 Å². The molecule has 5 heteroatoms. The van der Waals surface area contributed by atoms with Gasteiger partial charge in [0.2, 0.25) is 0 Å². The van der Waals surface area contributed by atoms with Crippen LogP contribution < -0.4 is 10.1 Å². The molecule has 0 aliphatic heterocycles. The third kappa shape index (κ3) is 3.97. The van der Waals surface area contributed by atoms with Crippen LogP contribution in [0.15, 0.2) is 24.3 Å². The first-order valence-electron chi connectivity index (χ1n) is 6.76. The van der Waals surface area contributed by atoms with Crippen LogP contribution in [0.1, 0.15) is 24.8 Å². The maximum Gasteiger partial charge on any atom is 0.258 e. The first-order valence-corrected chi connectivity index (χ1v) is 6.76. The van der Waals surface area contributed by atoms with Gasteiger partial charge in [0.1, 0.15) is 11.8 Å². The number of rotatable bonds is 7. The van der Waals surface area contributed by atoms with Crippen molar-refractivity contribution in [3.05, 3.63) is 29.8 Å². The normalized spacial score (nSPS) is 15.2. The van der Waals surface area contributed by atoms with Crippen LogP contribution in [-0.2, 0) is 4.79 Å². The number of amides is 1. The van der Waals surface area contributed by atoms with Gasteiger partial charge in [0.05, 0.1) is 5.56 Å². The van der Waals surface area contributed by atoms with E-state index < -0.39 is 0 Å². The van der Waals surface area contributed by atoms with Gasteiger partial charge in [0.15, 0.2) is 6.61 Å². The molecule has 106 valence electrons. The molecule has 1 aromatic carbocycles. The maximum atomic E-state index is 11.8. The highest BCUT2D eigenvalue weighted by Crippen LogP contribution is 2.33. The minimum Gasteiger partial charge on any atom is -0.482 e. The molecule has 1 aliphatic rings. The van der Waals surface area contributed by atoms with Crippen LogP contribution in [0.3, 0.4) is 0 Å². The van der Waals surface area contributed by atoms with E-state index in [1.54, 1.807) is 24.3 Å². The van der Waals surface area contributed by atoms with Gasteiger partial charge >= 0.3 is 0 Å². The summed E-state index contributed by atoms with van der Waals surface area (Å²) in [6, 6.07) is 8.86. The lowest BCUT2D eigenvalue weighted by molar-refractivity contribution is -0.124. The highest BCUT2D eigenvalue weighted by molar-refractivity contribution is 5.78. The molecule has 2 rings (SSSR count). The van der Waals surface area contributed by atoms with E-state index in [2.05, 4.69) is 5.32 Å². The van der Waals surface area contributed by atoms with Crippen molar-refractivity contribution in [2.24, 2.45) is 5.92 Å². The molecule has 5 nitrogen and oxygen atoms in total. The summed E-state index contributed by atoms with van der Waals surface area (Å²) in [5, 5.41) is 20.8. The Morgan fingerprint density at radius 3 is 2.90 bits per heavy atom. The van der Waals surface area contributed by atoms with Crippen molar-refractivity contribution in [1.29, 1.82) is 5.26 Å². The summed E-state index contributed by atoms with van der Waals surface area (Å²) in [6.07, 6.45) is 2.78. The standard InChI is InChI=1S/C15H18N2O3/c16-9-12-3-1-2-4-14(12)20-10-15(19)17-13(7-8-18)11-5-6-11/h1-4,11,13,18H,5-8,10H2,(H,17,19). The Morgan fingerprint density at radius 1 is 1.50 bits per heavy atom. The van der Waals surface area contributed by atoms with E-state index in [0.29, 0.717) is 23.7 Å². The fourth-order valence-corrected chi connectivity index (χ4v) is 2.14. The van der Waals surface area contributed by atoms with Crippen molar-refractivity contribution >= 4 is 5.91 Å². The van der Waals surface area contributed by atoms with Crippen molar-refractivity contribution in [2.45, 2.75) is 25.3 Å². The Bertz CT molecular complexity index is 506. The molecule has 0 aromatic heterocycles. The molecule has 2 N–H and O–H groups in total. The van der Waals surface area contributed by atoms with Gasteiger partial charge in [0, 0.05) is 12.6 Å². The summed E-state index contributed by atoms with van der Waals surface area (Å²) in [6.45, 7) is -0.0487. The summed E-state index contributed by atoms with van der Waals surface area (Å²) in [5.74, 6) is 0.677. The van der Waals surface area contributed by atoms with Crippen LogP contribution in [0.4, 0.5) is 0 Å². The fourth-order valence-electron chi connectivity index (χ4n) is 2.14. The molecular formula is C15H18N2O3. The highest BCUT2D eigenvalue weighted by Gasteiger charge is 2.31. The van der Waals surface area contributed by atoms with E-state index in [1.807, 2.05) is 6.07 Å².